The van der Waals surface area contributed by atoms with Crippen molar-refractivity contribution in [2.45, 2.75) is 13.8 Å². The first kappa shape index (κ1) is 19.0. The van der Waals surface area contributed by atoms with Crippen LogP contribution in [0.1, 0.15) is 21.6 Å². The van der Waals surface area contributed by atoms with E-state index in [4.69, 9.17) is 0 Å². The SMILES string of the molecule is C=CC(=O)Nc1cc(NC(=O)c2cnn(-c3cccc(C)c3)c2C)ccc1F. The Bertz CT molecular complexity index is 1070. The zero-order valence-corrected chi connectivity index (χ0v) is 15.5. The molecule has 142 valence electrons. The van der Waals surface area contributed by atoms with Crippen LogP contribution in [0, 0.1) is 19.7 Å². The second kappa shape index (κ2) is 7.87. The molecule has 3 aromatic rings. The molecule has 0 spiro atoms. The van der Waals surface area contributed by atoms with Crippen LogP contribution >= 0.6 is 0 Å². The lowest BCUT2D eigenvalue weighted by Crippen LogP contribution is -2.14. The van der Waals surface area contributed by atoms with Crippen LogP contribution in [-0.2, 0) is 4.79 Å². The molecular weight excluding hydrogens is 359 g/mol. The number of nitrogens with one attached hydrogen (secondary N) is 2. The quantitative estimate of drug-likeness (QED) is 0.659. The van der Waals surface area contributed by atoms with Crippen molar-refractivity contribution in [1.82, 2.24) is 9.78 Å². The molecule has 2 N–H and O–H groups in total. The van der Waals surface area contributed by atoms with Gasteiger partial charge in [-0.05, 0) is 55.8 Å². The summed E-state index contributed by atoms with van der Waals surface area (Å²) in [5.74, 6) is -1.54. The van der Waals surface area contributed by atoms with E-state index < -0.39 is 11.7 Å². The van der Waals surface area contributed by atoms with Gasteiger partial charge in [0.25, 0.3) is 5.91 Å². The highest BCUT2D eigenvalue weighted by Gasteiger charge is 2.16. The van der Waals surface area contributed by atoms with Gasteiger partial charge in [0.05, 0.1) is 28.8 Å². The molecule has 0 fully saturated rings. The number of aryl methyl sites for hydroxylation is 1. The van der Waals surface area contributed by atoms with E-state index in [1.165, 1.54) is 18.3 Å². The van der Waals surface area contributed by atoms with E-state index in [1.54, 1.807) is 11.6 Å². The largest absolute Gasteiger partial charge is 0.322 e. The zero-order chi connectivity index (χ0) is 20.3. The molecule has 0 saturated carbocycles. The van der Waals surface area contributed by atoms with Crippen LogP contribution in [0.15, 0.2) is 61.3 Å². The maximum absolute atomic E-state index is 13.8. The van der Waals surface area contributed by atoms with Crippen LogP contribution in [-0.4, -0.2) is 21.6 Å². The summed E-state index contributed by atoms with van der Waals surface area (Å²) in [6.45, 7) is 7.10. The Morgan fingerprint density at radius 2 is 1.93 bits per heavy atom. The third-order valence-corrected chi connectivity index (χ3v) is 4.17. The molecule has 7 heteroatoms. The van der Waals surface area contributed by atoms with Gasteiger partial charge in [0.2, 0.25) is 5.91 Å². The number of nitrogens with zero attached hydrogens (tertiary/aromatic N) is 2. The van der Waals surface area contributed by atoms with Gasteiger partial charge in [0, 0.05) is 5.69 Å². The monoisotopic (exact) mass is 378 g/mol. The van der Waals surface area contributed by atoms with Gasteiger partial charge < -0.3 is 10.6 Å². The molecule has 0 bridgehead atoms. The van der Waals surface area contributed by atoms with Gasteiger partial charge in [-0.3, -0.25) is 9.59 Å². The standard InChI is InChI=1S/C21H19FN4O2/c1-4-20(27)25-19-11-15(8-9-18(19)22)24-21(28)17-12-23-26(14(17)3)16-7-5-6-13(2)10-16/h4-12H,1H2,2-3H3,(H,24,28)(H,25,27). The fourth-order valence-corrected chi connectivity index (χ4v) is 2.73. The molecule has 2 amide bonds. The third-order valence-electron chi connectivity index (χ3n) is 4.17. The van der Waals surface area contributed by atoms with Gasteiger partial charge in [-0.1, -0.05) is 18.7 Å². The molecule has 0 saturated heterocycles. The summed E-state index contributed by atoms with van der Waals surface area (Å²) in [4.78, 5) is 24.1. The minimum Gasteiger partial charge on any atom is -0.322 e. The number of carbonyl (C=O) groups excluding carboxylic acids is 2. The van der Waals surface area contributed by atoms with Crippen molar-refractivity contribution in [2.75, 3.05) is 10.6 Å². The van der Waals surface area contributed by atoms with Crippen LogP contribution in [0.5, 0.6) is 0 Å². The first-order chi connectivity index (χ1) is 13.4. The van der Waals surface area contributed by atoms with E-state index in [2.05, 4.69) is 22.3 Å². The fourth-order valence-electron chi connectivity index (χ4n) is 2.73. The van der Waals surface area contributed by atoms with Crippen LogP contribution in [0.4, 0.5) is 15.8 Å². The summed E-state index contributed by atoms with van der Waals surface area (Å²) in [5, 5.41) is 9.35. The van der Waals surface area contributed by atoms with Crippen LogP contribution in [0.25, 0.3) is 5.69 Å². The topological polar surface area (TPSA) is 76.0 Å². The Kier molecular flexibility index (Phi) is 5.35. The molecule has 0 atom stereocenters. The minimum absolute atomic E-state index is 0.0464. The predicted molar refractivity (Wildman–Crippen MR) is 106 cm³/mol. The van der Waals surface area contributed by atoms with Crippen molar-refractivity contribution in [2.24, 2.45) is 0 Å². The Labute approximate surface area is 161 Å². The number of amides is 2. The Morgan fingerprint density at radius 3 is 2.64 bits per heavy atom. The summed E-state index contributed by atoms with van der Waals surface area (Å²) < 4.78 is 15.5. The van der Waals surface area contributed by atoms with Gasteiger partial charge in [-0.15, -0.1) is 0 Å². The van der Waals surface area contributed by atoms with Gasteiger partial charge in [-0.2, -0.15) is 5.10 Å². The highest BCUT2D eigenvalue weighted by Crippen LogP contribution is 2.21. The molecular formula is C21H19FN4O2. The van der Waals surface area contributed by atoms with E-state index in [0.29, 0.717) is 16.9 Å². The maximum atomic E-state index is 13.8. The summed E-state index contributed by atoms with van der Waals surface area (Å²) in [7, 11) is 0. The van der Waals surface area contributed by atoms with Gasteiger partial charge in [-0.25, -0.2) is 9.07 Å². The summed E-state index contributed by atoms with van der Waals surface area (Å²) in [6.07, 6.45) is 2.52. The molecule has 1 heterocycles. The highest BCUT2D eigenvalue weighted by atomic mass is 19.1. The molecule has 3 rings (SSSR count). The summed E-state index contributed by atoms with van der Waals surface area (Å²) in [6, 6.07) is 11.7. The van der Waals surface area contributed by atoms with Gasteiger partial charge in [0.1, 0.15) is 5.82 Å². The molecule has 0 radical (unpaired) electrons. The zero-order valence-electron chi connectivity index (χ0n) is 15.5. The molecule has 0 aliphatic carbocycles. The lowest BCUT2D eigenvalue weighted by molar-refractivity contribution is -0.111. The van der Waals surface area contributed by atoms with Crippen LogP contribution in [0.2, 0.25) is 0 Å². The number of carbonyl (C=O) groups is 2. The number of halogens is 1. The van der Waals surface area contributed by atoms with Crippen molar-refractivity contribution < 1.29 is 14.0 Å². The Hall–Kier alpha value is -3.74. The number of hydrogen-bond donors (Lipinski definition) is 2. The predicted octanol–water partition coefficient (Wildman–Crippen LogP) is 4.01. The van der Waals surface area contributed by atoms with E-state index in [0.717, 1.165) is 23.4 Å². The first-order valence-corrected chi connectivity index (χ1v) is 8.55. The number of rotatable bonds is 5. The minimum atomic E-state index is -0.614. The van der Waals surface area contributed by atoms with Crippen molar-refractivity contribution in [3.05, 3.63) is 84.0 Å². The number of benzene rings is 2. The molecule has 6 nitrogen and oxygen atoms in total. The van der Waals surface area contributed by atoms with E-state index in [1.807, 2.05) is 31.2 Å². The maximum Gasteiger partial charge on any atom is 0.259 e. The van der Waals surface area contributed by atoms with Crippen LogP contribution < -0.4 is 10.6 Å². The third kappa shape index (κ3) is 3.98. The molecule has 2 aromatic carbocycles. The van der Waals surface area contributed by atoms with Crippen LogP contribution in [0.3, 0.4) is 0 Å². The fraction of sp³-hybridized carbons (Fsp3) is 0.0952. The highest BCUT2D eigenvalue weighted by molar-refractivity contribution is 6.05. The number of anilines is 2. The van der Waals surface area contributed by atoms with Crippen molar-refractivity contribution >= 4 is 23.2 Å². The van der Waals surface area contributed by atoms with Crippen molar-refractivity contribution in [3.8, 4) is 5.69 Å². The average molecular weight is 378 g/mol. The van der Waals surface area contributed by atoms with E-state index >= 15 is 0 Å². The number of hydrogen-bond acceptors (Lipinski definition) is 3. The molecule has 1 aromatic heterocycles. The second-order valence-corrected chi connectivity index (χ2v) is 6.24. The second-order valence-electron chi connectivity index (χ2n) is 6.24. The van der Waals surface area contributed by atoms with E-state index in [9.17, 15) is 14.0 Å². The molecule has 0 aliphatic heterocycles. The average Bonchev–Trinajstić information content (AvgIpc) is 3.06. The van der Waals surface area contributed by atoms with E-state index in [-0.39, 0.29) is 11.6 Å². The Balaban J connectivity index is 1.83. The normalized spacial score (nSPS) is 10.4. The molecule has 0 aliphatic rings. The lowest BCUT2D eigenvalue weighted by atomic mass is 10.2. The molecule has 0 unspecified atom stereocenters. The lowest BCUT2D eigenvalue weighted by Gasteiger charge is -2.09. The van der Waals surface area contributed by atoms with Crippen molar-refractivity contribution in [1.29, 1.82) is 0 Å². The summed E-state index contributed by atoms with van der Waals surface area (Å²) >= 11 is 0. The summed E-state index contributed by atoms with van der Waals surface area (Å²) in [5.41, 5.74) is 3.29. The van der Waals surface area contributed by atoms with Gasteiger partial charge >= 0.3 is 0 Å². The molecule has 28 heavy (non-hydrogen) atoms. The smallest absolute Gasteiger partial charge is 0.259 e. The van der Waals surface area contributed by atoms with Gasteiger partial charge in [0.15, 0.2) is 0 Å². The number of aromatic nitrogens is 2. The Morgan fingerprint density at radius 1 is 1.14 bits per heavy atom. The first-order valence-electron chi connectivity index (χ1n) is 8.55. The van der Waals surface area contributed by atoms with Crippen molar-refractivity contribution in [3.63, 3.8) is 0 Å².